The summed E-state index contributed by atoms with van der Waals surface area (Å²) in [5.74, 6) is 0.464. The van der Waals surface area contributed by atoms with Crippen LogP contribution in [0.1, 0.15) is 37.7 Å². The summed E-state index contributed by atoms with van der Waals surface area (Å²) in [6.07, 6.45) is 4.03. The molecule has 6 heteroatoms. The Bertz CT molecular complexity index is 680. The van der Waals surface area contributed by atoms with Gasteiger partial charge in [-0.3, -0.25) is 9.59 Å². The molecular formula is C22H31N3O3. The standard InChI is InChI=1S/C22H31N3O3/c26-20-6-7-22(17-25(20)16-18-4-2-1-3-5-18)8-11-24(12-9-22)21(27)14-19-15-23-10-13-28-19/h1-5,19,23H,6-17H2/t19-/m1/s1. The Morgan fingerprint density at radius 1 is 1.18 bits per heavy atom. The zero-order valence-corrected chi connectivity index (χ0v) is 16.6. The number of carbonyl (C=O) groups excluding carboxylic acids is 2. The SMILES string of the molecule is O=C(C[C@@H]1CNCCO1)N1CCC2(CCC(=O)N(Cc3ccccc3)C2)CC1. The van der Waals surface area contributed by atoms with Gasteiger partial charge in [0.05, 0.1) is 19.1 Å². The first-order valence-corrected chi connectivity index (χ1v) is 10.6. The van der Waals surface area contributed by atoms with Gasteiger partial charge in [0, 0.05) is 45.7 Å². The second-order valence-corrected chi connectivity index (χ2v) is 8.52. The summed E-state index contributed by atoms with van der Waals surface area (Å²) in [5.41, 5.74) is 1.35. The van der Waals surface area contributed by atoms with Crippen molar-refractivity contribution in [3.63, 3.8) is 0 Å². The molecule has 0 unspecified atom stereocenters. The third-order valence-corrected chi connectivity index (χ3v) is 6.55. The summed E-state index contributed by atoms with van der Waals surface area (Å²) in [4.78, 5) is 29.1. The van der Waals surface area contributed by atoms with Crippen LogP contribution in [0.25, 0.3) is 0 Å². The number of carbonyl (C=O) groups is 2. The molecule has 3 fully saturated rings. The van der Waals surface area contributed by atoms with Gasteiger partial charge < -0.3 is 19.9 Å². The van der Waals surface area contributed by atoms with E-state index in [1.165, 1.54) is 5.56 Å². The fourth-order valence-corrected chi connectivity index (χ4v) is 4.76. The number of nitrogens with one attached hydrogen (secondary N) is 1. The zero-order valence-electron chi connectivity index (χ0n) is 16.6. The van der Waals surface area contributed by atoms with Gasteiger partial charge in [0.25, 0.3) is 0 Å². The molecule has 3 aliphatic heterocycles. The molecule has 1 N–H and O–H groups in total. The van der Waals surface area contributed by atoms with Crippen LogP contribution in [0.15, 0.2) is 30.3 Å². The number of morpholine rings is 1. The summed E-state index contributed by atoms with van der Waals surface area (Å²) in [6, 6.07) is 10.2. The van der Waals surface area contributed by atoms with E-state index in [1.54, 1.807) is 0 Å². The van der Waals surface area contributed by atoms with Gasteiger partial charge in [-0.2, -0.15) is 0 Å². The Morgan fingerprint density at radius 3 is 2.68 bits per heavy atom. The predicted molar refractivity (Wildman–Crippen MR) is 107 cm³/mol. The van der Waals surface area contributed by atoms with Crippen molar-refractivity contribution in [2.24, 2.45) is 5.41 Å². The highest BCUT2D eigenvalue weighted by atomic mass is 16.5. The number of hydrogen-bond acceptors (Lipinski definition) is 4. The molecule has 0 radical (unpaired) electrons. The molecule has 3 aliphatic rings. The van der Waals surface area contributed by atoms with Gasteiger partial charge >= 0.3 is 0 Å². The first-order chi connectivity index (χ1) is 13.6. The maximum absolute atomic E-state index is 12.6. The number of ether oxygens (including phenoxy) is 1. The van der Waals surface area contributed by atoms with Crippen LogP contribution >= 0.6 is 0 Å². The largest absolute Gasteiger partial charge is 0.375 e. The van der Waals surface area contributed by atoms with Crippen molar-refractivity contribution in [3.8, 4) is 0 Å². The molecule has 152 valence electrons. The number of piperidine rings is 2. The van der Waals surface area contributed by atoms with E-state index in [2.05, 4.69) is 17.4 Å². The van der Waals surface area contributed by atoms with Gasteiger partial charge in [0.1, 0.15) is 0 Å². The Labute approximate surface area is 167 Å². The highest BCUT2D eigenvalue weighted by Gasteiger charge is 2.41. The lowest BCUT2D eigenvalue weighted by Crippen LogP contribution is -2.52. The lowest BCUT2D eigenvalue weighted by Gasteiger charge is -2.47. The second kappa shape index (κ2) is 8.62. The van der Waals surface area contributed by atoms with Crippen LogP contribution in [0.5, 0.6) is 0 Å². The zero-order chi connectivity index (χ0) is 19.4. The van der Waals surface area contributed by atoms with Crippen LogP contribution in [0.2, 0.25) is 0 Å². The van der Waals surface area contributed by atoms with Crippen molar-refractivity contribution in [1.29, 1.82) is 0 Å². The minimum absolute atomic E-state index is 0.00537. The van der Waals surface area contributed by atoms with Crippen LogP contribution in [0, 0.1) is 5.41 Å². The molecule has 0 bridgehead atoms. The fraction of sp³-hybridized carbons (Fsp3) is 0.636. The third kappa shape index (κ3) is 4.55. The number of amides is 2. The molecular weight excluding hydrogens is 354 g/mol. The Hall–Kier alpha value is -1.92. The van der Waals surface area contributed by atoms with Gasteiger partial charge in [-0.15, -0.1) is 0 Å². The van der Waals surface area contributed by atoms with Crippen molar-refractivity contribution in [3.05, 3.63) is 35.9 Å². The van der Waals surface area contributed by atoms with Gasteiger partial charge in [-0.1, -0.05) is 30.3 Å². The van der Waals surface area contributed by atoms with Crippen molar-refractivity contribution in [2.75, 3.05) is 39.3 Å². The van der Waals surface area contributed by atoms with Gasteiger partial charge in [-0.05, 0) is 30.2 Å². The van der Waals surface area contributed by atoms with Gasteiger partial charge in [-0.25, -0.2) is 0 Å². The lowest BCUT2D eigenvalue weighted by molar-refractivity contribution is -0.144. The van der Waals surface area contributed by atoms with Crippen molar-refractivity contribution >= 4 is 11.8 Å². The van der Waals surface area contributed by atoms with E-state index in [9.17, 15) is 9.59 Å². The van der Waals surface area contributed by atoms with Crippen LogP contribution in [-0.4, -0.2) is 67.0 Å². The number of nitrogens with zero attached hydrogens (tertiary/aromatic N) is 2. The fourth-order valence-electron chi connectivity index (χ4n) is 4.76. The molecule has 0 aliphatic carbocycles. The van der Waals surface area contributed by atoms with E-state index in [0.717, 1.165) is 52.0 Å². The van der Waals surface area contributed by atoms with Crippen molar-refractivity contribution < 1.29 is 14.3 Å². The van der Waals surface area contributed by atoms with E-state index in [4.69, 9.17) is 4.74 Å². The minimum atomic E-state index is 0.00537. The molecule has 6 nitrogen and oxygen atoms in total. The van der Waals surface area contributed by atoms with Crippen molar-refractivity contribution in [2.45, 2.75) is 44.8 Å². The molecule has 0 aromatic heterocycles. The molecule has 0 saturated carbocycles. The first kappa shape index (κ1) is 19.4. The number of benzene rings is 1. The summed E-state index contributed by atoms with van der Waals surface area (Å²) in [7, 11) is 0. The average molecular weight is 386 g/mol. The molecule has 2 amide bonds. The smallest absolute Gasteiger partial charge is 0.225 e. The normalized spacial score (nSPS) is 25.1. The van der Waals surface area contributed by atoms with Crippen LogP contribution in [0.3, 0.4) is 0 Å². The Morgan fingerprint density at radius 2 is 1.96 bits per heavy atom. The number of rotatable bonds is 4. The van der Waals surface area contributed by atoms with Gasteiger partial charge in [0.2, 0.25) is 11.8 Å². The summed E-state index contributed by atoms with van der Waals surface area (Å²) >= 11 is 0. The molecule has 1 aromatic rings. The number of likely N-dealkylation sites (tertiary alicyclic amines) is 2. The molecule has 3 saturated heterocycles. The van der Waals surface area contributed by atoms with Crippen LogP contribution in [0.4, 0.5) is 0 Å². The topological polar surface area (TPSA) is 61.9 Å². The molecule has 1 aromatic carbocycles. The molecule has 28 heavy (non-hydrogen) atoms. The molecule has 3 heterocycles. The maximum atomic E-state index is 12.6. The highest BCUT2D eigenvalue weighted by molar-refractivity contribution is 5.78. The molecule has 1 spiro atoms. The van der Waals surface area contributed by atoms with Crippen LogP contribution < -0.4 is 5.32 Å². The minimum Gasteiger partial charge on any atom is -0.375 e. The lowest BCUT2D eigenvalue weighted by atomic mass is 9.72. The van der Waals surface area contributed by atoms with Crippen LogP contribution in [-0.2, 0) is 20.9 Å². The monoisotopic (exact) mass is 385 g/mol. The van der Waals surface area contributed by atoms with E-state index in [-0.39, 0.29) is 23.3 Å². The van der Waals surface area contributed by atoms with E-state index < -0.39 is 0 Å². The Kier molecular flexibility index (Phi) is 5.97. The van der Waals surface area contributed by atoms with E-state index >= 15 is 0 Å². The summed E-state index contributed by atoms with van der Waals surface area (Å²) < 4.78 is 5.68. The highest BCUT2D eigenvalue weighted by Crippen LogP contribution is 2.40. The summed E-state index contributed by atoms with van der Waals surface area (Å²) in [5, 5.41) is 3.29. The first-order valence-electron chi connectivity index (χ1n) is 10.6. The van der Waals surface area contributed by atoms with Gasteiger partial charge in [0.15, 0.2) is 0 Å². The van der Waals surface area contributed by atoms with E-state index in [1.807, 2.05) is 28.0 Å². The second-order valence-electron chi connectivity index (χ2n) is 8.52. The maximum Gasteiger partial charge on any atom is 0.225 e. The molecule has 4 rings (SSSR count). The predicted octanol–water partition coefficient (Wildman–Crippen LogP) is 1.80. The van der Waals surface area contributed by atoms with Crippen molar-refractivity contribution in [1.82, 2.24) is 15.1 Å². The van der Waals surface area contributed by atoms with E-state index in [0.29, 0.717) is 26.0 Å². The number of hydrogen-bond donors (Lipinski definition) is 1. The average Bonchev–Trinajstić information content (AvgIpc) is 2.73. The quantitative estimate of drug-likeness (QED) is 0.859. The summed E-state index contributed by atoms with van der Waals surface area (Å²) in [6.45, 7) is 5.43. The third-order valence-electron chi connectivity index (χ3n) is 6.55. The molecule has 1 atom stereocenters. The Balaban J connectivity index is 1.31.